The summed E-state index contributed by atoms with van der Waals surface area (Å²) in [5.74, 6) is -0.731. The van der Waals surface area contributed by atoms with Crippen LogP contribution in [0.4, 0.5) is 0 Å². The van der Waals surface area contributed by atoms with Crippen molar-refractivity contribution in [3.8, 4) is 11.8 Å². The molecule has 17 heavy (non-hydrogen) atoms. The Morgan fingerprint density at radius 2 is 2.29 bits per heavy atom. The molecule has 0 spiro atoms. The molecule has 0 heterocycles. The summed E-state index contributed by atoms with van der Waals surface area (Å²) in [7, 11) is 0. The van der Waals surface area contributed by atoms with Gasteiger partial charge in [0.15, 0.2) is 0 Å². The molecular formula is C10H7Cl2N3O2. The fourth-order valence-corrected chi connectivity index (χ4v) is 1.48. The van der Waals surface area contributed by atoms with Crippen molar-refractivity contribution in [2.24, 2.45) is 5.10 Å². The van der Waals surface area contributed by atoms with E-state index in [0.717, 1.165) is 0 Å². The summed E-state index contributed by atoms with van der Waals surface area (Å²) in [5.41, 5.74) is 2.37. The van der Waals surface area contributed by atoms with Crippen molar-refractivity contribution in [1.29, 1.82) is 5.26 Å². The van der Waals surface area contributed by atoms with Crippen molar-refractivity contribution < 1.29 is 9.90 Å². The van der Waals surface area contributed by atoms with Gasteiger partial charge in [0, 0.05) is 10.6 Å². The Kier molecular flexibility index (Phi) is 4.76. The quantitative estimate of drug-likeness (QED) is 0.652. The fraction of sp³-hybridized carbons (Fsp3) is 0.100. The van der Waals surface area contributed by atoms with E-state index >= 15 is 0 Å². The third kappa shape index (κ3) is 3.94. The van der Waals surface area contributed by atoms with Crippen molar-refractivity contribution in [2.45, 2.75) is 6.42 Å². The molecular weight excluding hydrogens is 265 g/mol. The maximum atomic E-state index is 10.9. The van der Waals surface area contributed by atoms with E-state index in [1.165, 1.54) is 18.3 Å². The molecule has 0 bridgehead atoms. The predicted molar refractivity (Wildman–Crippen MR) is 64.1 cm³/mol. The summed E-state index contributed by atoms with van der Waals surface area (Å²) in [6.07, 6.45) is 0.891. The second-order valence-electron chi connectivity index (χ2n) is 2.95. The lowest BCUT2D eigenvalue weighted by molar-refractivity contribution is -0.120. The Bertz CT molecular complexity index is 509. The number of rotatable bonds is 3. The second kappa shape index (κ2) is 6.09. The molecule has 1 amide bonds. The van der Waals surface area contributed by atoms with E-state index in [1.54, 1.807) is 6.07 Å². The third-order valence-electron chi connectivity index (χ3n) is 1.69. The second-order valence-corrected chi connectivity index (χ2v) is 3.80. The summed E-state index contributed by atoms with van der Waals surface area (Å²) in [6, 6.07) is 4.48. The number of halogens is 2. The van der Waals surface area contributed by atoms with Crippen molar-refractivity contribution in [3.05, 3.63) is 27.7 Å². The van der Waals surface area contributed by atoms with E-state index in [9.17, 15) is 9.90 Å². The number of carbonyl (C=O) groups excluding carboxylic acids is 1. The number of nitriles is 1. The number of amides is 1. The Labute approximate surface area is 107 Å². The number of hydrogen-bond acceptors (Lipinski definition) is 4. The fourth-order valence-electron chi connectivity index (χ4n) is 0.969. The average molecular weight is 272 g/mol. The van der Waals surface area contributed by atoms with Crippen LogP contribution in [0.2, 0.25) is 10.0 Å². The van der Waals surface area contributed by atoms with E-state index in [2.05, 4.69) is 10.5 Å². The van der Waals surface area contributed by atoms with Crippen LogP contribution in [0.3, 0.4) is 0 Å². The van der Waals surface area contributed by atoms with Crippen LogP contribution in [-0.2, 0) is 4.79 Å². The molecule has 2 N–H and O–H groups in total. The Balaban J connectivity index is 2.79. The first-order valence-electron chi connectivity index (χ1n) is 4.41. The Morgan fingerprint density at radius 1 is 1.59 bits per heavy atom. The third-order valence-corrected chi connectivity index (χ3v) is 2.20. The zero-order chi connectivity index (χ0) is 12.8. The zero-order valence-electron chi connectivity index (χ0n) is 8.44. The molecule has 7 heteroatoms. The van der Waals surface area contributed by atoms with Gasteiger partial charge in [-0.3, -0.25) is 4.79 Å². The van der Waals surface area contributed by atoms with Crippen molar-refractivity contribution in [3.63, 3.8) is 0 Å². The molecule has 0 atom stereocenters. The number of phenols is 1. The van der Waals surface area contributed by atoms with Crippen LogP contribution in [0.1, 0.15) is 12.0 Å². The van der Waals surface area contributed by atoms with Gasteiger partial charge in [-0.15, -0.1) is 0 Å². The number of nitrogens with one attached hydrogen (secondary N) is 1. The molecule has 88 valence electrons. The number of hydrazone groups is 1. The van der Waals surface area contributed by atoms with Gasteiger partial charge < -0.3 is 5.11 Å². The van der Waals surface area contributed by atoms with Gasteiger partial charge in [-0.2, -0.15) is 10.4 Å². The molecule has 1 aromatic carbocycles. The molecule has 0 aromatic heterocycles. The SMILES string of the molecule is N#CCC(=O)N/N=C\c1cc(Cl)cc(Cl)c1O. The number of hydrogen-bond donors (Lipinski definition) is 2. The van der Waals surface area contributed by atoms with Gasteiger partial charge in [0.05, 0.1) is 17.3 Å². The smallest absolute Gasteiger partial charge is 0.254 e. The van der Waals surface area contributed by atoms with Gasteiger partial charge >= 0.3 is 0 Å². The number of nitrogens with zero attached hydrogens (tertiary/aromatic N) is 2. The molecule has 0 aliphatic carbocycles. The van der Waals surface area contributed by atoms with Gasteiger partial charge in [0.25, 0.3) is 5.91 Å². The minimum absolute atomic E-state index is 0.0855. The number of benzene rings is 1. The first-order valence-corrected chi connectivity index (χ1v) is 5.17. The van der Waals surface area contributed by atoms with E-state index in [4.69, 9.17) is 28.5 Å². The normalized spacial score (nSPS) is 10.2. The van der Waals surface area contributed by atoms with E-state index in [-0.39, 0.29) is 22.8 Å². The number of carbonyl (C=O) groups is 1. The van der Waals surface area contributed by atoms with Crippen molar-refractivity contribution >= 4 is 35.3 Å². The van der Waals surface area contributed by atoms with E-state index in [0.29, 0.717) is 5.02 Å². The molecule has 1 rings (SSSR count). The van der Waals surface area contributed by atoms with Gasteiger partial charge in [-0.05, 0) is 12.1 Å². The topological polar surface area (TPSA) is 85.5 Å². The summed E-state index contributed by atoms with van der Waals surface area (Å²) in [4.78, 5) is 10.9. The summed E-state index contributed by atoms with van der Waals surface area (Å²) >= 11 is 11.4. The molecule has 0 saturated carbocycles. The van der Waals surface area contributed by atoms with Gasteiger partial charge in [0.2, 0.25) is 0 Å². The minimum Gasteiger partial charge on any atom is -0.506 e. The van der Waals surface area contributed by atoms with Crippen LogP contribution in [0.25, 0.3) is 0 Å². The van der Waals surface area contributed by atoms with E-state index < -0.39 is 5.91 Å². The highest BCUT2D eigenvalue weighted by molar-refractivity contribution is 6.36. The Morgan fingerprint density at radius 3 is 2.94 bits per heavy atom. The van der Waals surface area contributed by atoms with Crippen LogP contribution < -0.4 is 5.43 Å². The average Bonchev–Trinajstić information content (AvgIpc) is 2.25. The molecule has 0 unspecified atom stereocenters. The number of aromatic hydroxyl groups is 1. The van der Waals surface area contributed by atoms with Crippen LogP contribution in [0.15, 0.2) is 17.2 Å². The van der Waals surface area contributed by atoms with Gasteiger partial charge in [0.1, 0.15) is 12.2 Å². The lowest BCUT2D eigenvalue weighted by atomic mass is 10.2. The van der Waals surface area contributed by atoms with E-state index in [1.807, 2.05) is 0 Å². The van der Waals surface area contributed by atoms with Crippen LogP contribution in [0.5, 0.6) is 5.75 Å². The summed E-state index contributed by atoms with van der Waals surface area (Å²) < 4.78 is 0. The lowest BCUT2D eigenvalue weighted by Crippen LogP contribution is -2.16. The summed E-state index contributed by atoms with van der Waals surface area (Å²) in [5, 5.41) is 21.7. The Hall–Kier alpha value is -1.77. The minimum atomic E-state index is -0.545. The monoisotopic (exact) mass is 271 g/mol. The van der Waals surface area contributed by atoms with Gasteiger partial charge in [-0.25, -0.2) is 5.43 Å². The highest BCUT2D eigenvalue weighted by Crippen LogP contribution is 2.29. The molecule has 0 saturated heterocycles. The molecule has 5 nitrogen and oxygen atoms in total. The van der Waals surface area contributed by atoms with Gasteiger partial charge in [-0.1, -0.05) is 23.2 Å². The standard InChI is InChI=1S/C10H7Cl2N3O2/c11-7-3-6(10(17)8(12)4-7)5-14-15-9(16)1-2-13/h3-5,17H,1H2,(H,15,16)/b14-5-. The maximum absolute atomic E-state index is 10.9. The first-order chi connectivity index (χ1) is 8.04. The van der Waals surface area contributed by atoms with Crippen LogP contribution in [0, 0.1) is 11.3 Å². The zero-order valence-corrected chi connectivity index (χ0v) is 9.96. The van der Waals surface area contributed by atoms with Crippen molar-refractivity contribution in [1.82, 2.24) is 5.43 Å². The largest absolute Gasteiger partial charge is 0.506 e. The van der Waals surface area contributed by atoms with Crippen LogP contribution in [-0.4, -0.2) is 17.2 Å². The molecule has 0 fully saturated rings. The van der Waals surface area contributed by atoms with Crippen molar-refractivity contribution in [2.75, 3.05) is 0 Å². The highest BCUT2D eigenvalue weighted by atomic mass is 35.5. The predicted octanol–water partition coefficient (Wildman–Crippen LogP) is 2.06. The maximum Gasteiger partial charge on any atom is 0.254 e. The first kappa shape index (κ1) is 13.3. The highest BCUT2D eigenvalue weighted by Gasteiger charge is 2.06. The lowest BCUT2D eigenvalue weighted by Gasteiger charge is -2.02. The molecule has 0 radical (unpaired) electrons. The molecule has 1 aromatic rings. The van der Waals surface area contributed by atoms with Crippen LogP contribution >= 0.6 is 23.2 Å². The number of phenolic OH excluding ortho intramolecular Hbond substituents is 1. The molecule has 0 aliphatic rings. The molecule has 0 aliphatic heterocycles. The summed E-state index contributed by atoms with van der Waals surface area (Å²) in [6.45, 7) is 0.